The Morgan fingerprint density at radius 2 is 1.91 bits per heavy atom. The van der Waals surface area contributed by atoms with Gasteiger partial charge in [-0.3, -0.25) is 9.59 Å². The lowest BCUT2D eigenvalue weighted by Crippen LogP contribution is -2.28. The molecule has 2 atom stereocenters. The number of carbonyl (C=O) groups is 1. The van der Waals surface area contributed by atoms with E-state index in [1.165, 1.54) is 5.56 Å². The molecule has 5 heteroatoms. The fourth-order valence-electron chi connectivity index (χ4n) is 3.05. The number of H-pyrrole nitrogens is 1. The van der Waals surface area contributed by atoms with Crippen LogP contribution in [-0.2, 0) is 4.79 Å². The molecule has 1 aromatic carbocycles. The minimum Gasteiger partial charge on any atom is -0.353 e. The van der Waals surface area contributed by atoms with Crippen LogP contribution in [0.5, 0.6) is 0 Å². The standard InChI is InChI=1S/C18H19ClN2O2/c1-11-2-4-12(5-3-11)14(10-13-6-9-17(22)20-13)16-8-7-15(19)18(23)21-16/h2-5,7-8,13-14H,6,9-10H2,1H3,(H,20,22)(H,21,23)/t13-,14?/m1/s1. The van der Waals surface area contributed by atoms with Crippen LogP contribution in [0.1, 0.15) is 42.0 Å². The molecular formula is C18H19ClN2O2. The van der Waals surface area contributed by atoms with E-state index in [1.807, 2.05) is 13.0 Å². The topological polar surface area (TPSA) is 62.0 Å². The van der Waals surface area contributed by atoms with Crippen molar-refractivity contribution in [3.63, 3.8) is 0 Å². The second-order valence-electron chi connectivity index (χ2n) is 6.09. The molecule has 0 bridgehead atoms. The van der Waals surface area contributed by atoms with Gasteiger partial charge in [0.1, 0.15) is 5.02 Å². The Balaban J connectivity index is 1.94. The molecule has 2 aromatic rings. The summed E-state index contributed by atoms with van der Waals surface area (Å²) < 4.78 is 0. The third-order valence-corrected chi connectivity index (χ3v) is 4.64. The minimum atomic E-state index is -0.281. The first kappa shape index (κ1) is 15.8. The fraction of sp³-hybridized carbons (Fsp3) is 0.333. The average molecular weight is 331 g/mol. The van der Waals surface area contributed by atoms with Gasteiger partial charge in [0.05, 0.1) is 0 Å². The van der Waals surface area contributed by atoms with E-state index in [-0.39, 0.29) is 28.4 Å². The maximum absolute atomic E-state index is 11.9. The number of aryl methyl sites for hydroxylation is 1. The van der Waals surface area contributed by atoms with Gasteiger partial charge in [0.2, 0.25) is 5.91 Å². The number of hydrogen-bond acceptors (Lipinski definition) is 2. The van der Waals surface area contributed by atoms with Crippen LogP contribution in [0.15, 0.2) is 41.2 Å². The SMILES string of the molecule is Cc1ccc(C(C[C@H]2CCC(=O)N2)c2ccc(Cl)c(=O)[nH]2)cc1. The molecule has 0 radical (unpaired) electrons. The van der Waals surface area contributed by atoms with Gasteiger partial charge in [0.15, 0.2) is 0 Å². The molecule has 0 aliphatic carbocycles. The van der Waals surface area contributed by atoms with Crippen molar-refractivity contribution >= 4 is 17.5 Å². The highest BCUT2D eigenvalue weighted by Crippen LogP contribution is 2.30. The third kappa shape index (κ3) is 3.64. The lowest BCUT2D eigenvalue weighted by Gasteiger charge is -2.21. The Morgan fingerprint density at radius 3 is 2.52 bits per heavy atom. The van der Waals surface area contributed by atoms with Gasteiger partial charge in [-0.05, 0) is 37.5 Å². The van der Waals surface area contributed by atoms with Gasteiger partial charge in [-0.15, -0.1) is 0 Å². The average Bonchev–Trinajstić information content (AvgIpc) is 2.94. The molecule has 1 amide bonds. The van der Waals surface area contributed by atoms with Gasteiger partial charge in [-0.25, -0.2) is 0 Å². The predicted molar refractivity (Wildman–Crippen MR) is 90.9 cm³/mol. The van der Waals surface area contributed by atoms with Gasteiger partial charge in [-0.2, -0.15) is 0 Å². The van der Waals surface area contributed by atoms with Crippen molar-refractivity contribution in [2.45, 2.75) is 38.1 Å². The summed E-state index contributed by atoms with van der Waals surface area (Å²) in [5, 5.41) is 3.19. The Morgan fingerprint density at radius 1 is 1.17 bits per heavy atom. The fourth-order valence-corrected chi connectivity index (χ4v) is 3.16. The molecule has 0 saturated carbocycles. The van der Waals surface area contributed by atoms with Crippen molar-refractivity contribution in [2.75, 3.05) is 0 Å². The number of pyridine rings is 1. The summed E-state index contributed by atoms with van der Waals surface area (Å²) in [5.74, 6) is 0.117. The van der Waals surface area contributed by atoms with Crippen molar-refractivity contribution in [2.24, 2.45) is 0 Å². The lowest BCUT2D eigenvalue weighted by molar-refractivity contribution is -0.119. The van der Waals surface area contributed by atoms with Crippen molar-refractivity contribution in [3.8, 4) is 0 Å². The van der Waals surface area contributed by atoms with E-state index in [1.54, 1.807) is 6.07 Å². The number of aromatic amines is 1. The highest BCUT2D eigenvalue weighted by molar-refractivity contribution is 6.30. The van der Waals surface area contributed by atoms with Crippen LogP contribution in [0.3, 0.4) is 0 Å². The Bertz CT molecular complexity index is 767. The molecule has 1 aliphatic rings. The highest BCUT2D eigenvalue weighted by Gasteiger charge is 2.26. The summed E-state index contributed by atoms with van der Waals surface area (Å²) in [6.45, 7) is 2.04. The highest BCUT2D eigenvalue weighted by atomic mass is 35.5. The van der Waals surface area contributed by atoms with Crippen LogP contribution in [-0.4, -0.2) is 16.9 Å². The summed E-state index contributed by atoms with van der Waals surface area (Å²) in [6.07, 6.45) is 2.16. The van der Waals surface area contributed by atoms with E-state index in [0.29, 0.717) is 6.42 Å². The third-order valence-electron chi connectivity index (χ3n) is 4.34. The van der Waals surface area contributed by atoms with Gasteiger partial charge in [0.25, 0.3) is 5.56 Å². The van der Waals surface area contributed by atoms with Crippen molar-refractivity contribution < 1.29 is 4.79 Å². The first-order chi connectivity index (χ1) is 11.0. The largest absolute Gasteiger partial charge is 0.353 e. The quantitative estimate of drug-likeness (QED) is 0.904. The van der Waals surface area contributed by atoms with Crippen LogP contribution < -0.4 is 10.9 Å². The predicted octanol–water partition coefficient (Wildman–Crippen LogP) is 3.14. The van der Waals surface area contributed by atoms with Crippen LogP contribution in [0.25, 0.3) is 0 Å². The Kier molecular flexibility index (Phi) is 4.53. The first-order valence-corrected chi connectivity index (χ1v) is 8.15. The van der Waals surface area contributed by atoms with E-state index in [2.05, 4.69) is 34.6 Å². The zero-order valence-corrected chi connectivity index (χ0v) is 13.7. The normalized spacial score (nSPS) is 18.7. The molecule has 2 N–H and O–H groups in total. The van der Waals surface area contributed by atoms with Gasteiger partial charge in [-0.1, -0.05) is 41.4 Å². The van der Waals surface area contributed by atoms with Crippen molar-refractivity contribution in [1.82, 2.24) is 10.3 Å². The summed E-state index contributed by atoms with van der Waals surface area (Å²) in [7, 11) is 0. The number of amides is 1. The van der Waals surface area contributed by atoms with E-state index in [0.717, 1.165) is 24.1 Å². The molecule has 1 fully saturated rings. The molecule has 1 aliphatic heterocycles. The molecule has 2 heterocycles. The van der Waals surface area contributed by atoms with Crippen molar-refractivity contribution in [3.05, 3.63) is 68.6 Å². The molecule has 1 unspecified atom stereocenters. The summed E-state index contributed by atoms with van der Waals surface area (Å²) >= 11 is 5.84. The van der Waals surface area contributed by atoms with Gasteiger partial charge >= 0.3 is 0 Å². The maximum Gasteiger partial charge on any atom is 0.266 e. The molecule has 3 rings (SSSR count). The molecule has 120 valence electrons. The molecule has 4 nitrogen and oxygen atoms in total. The van der Waals surface area contributed by atoms with E-state index < -0.39 is 0 Å². The number of carbonyl (C=O) groups excluding carboxylic acids is 1. The molecule has 0 spiro atoms. The second kappa shape index (κ2) is 6.59. The minimum absolute atomic E-state index is 0.0176. The monoisotopic (exact) mass is 330 g/mol. The van der Waals surface area contributed by atoms with Gasteiger partial charge in [0, 0.05) is 24.1 Å². The number of benzene rings is 1. The van der Waals surface area contributed by atoms with E-state index in [9.17, 15) is 9.59 Å². The molecular weight excluding hydrogens is 312 g/mol. The summed E-state index contributed by atoms with van der Waals surface area (Å²) in [6, 6.07) is 11.9. The van der Waals surface area contributed by atoms with Crippen LogP contribution in [0.2, 0.25) is 5.02 Å². The summed E-state index contributed by atoms with van der Waals surface area (Å²) in [4.78, 5) is 26.2. The van der Waals surface area contributed by atoms with E-state index >= 15 is 0 Å². The van der Waals surface area contributed by atoms with Crippen LogP contribution in [0.4, 0.5) is 0 Å². The second-order valence-corrected chi connectivity index (χ2v) is 6.50. The Labute approximate surface area is 139 Å². The number of aromatic nitrogens is 1. The molecule has 1 aromatic heterocycles. The lowest BCUT2D eigenvalue weighted by atomic mass is 9.88. The number of halogens is 1. The van der Waals surface area contributed by atoms with Gasteiger partial charge < -0.3 is 10.3 Å². The van der Waals surface area contributed by atoms with Crippen LogP contribution >= 0.6 is 11.6 Å². The number of hydrogen-bond donors (Lipinski definition) is 2. The zero-order chi connectivity index (χ0) is 16.4. The van der Waals surface area contributed by atoms with E-state index in [4.69, 9.17) is 11.6 Å². The Hall–Kier alpha value is -2.07. The van der Waals surface area contributed by atoms with Crippen LogP contribution in [0, 0.1) is 6.92 Å². The first-order valence-electron chi connectivity index (χ1n) is 7.77. The smallest absolute Gasteiger partial charge is 0.266 e. The molecule has 23 heavy (non-hydrogen) atoms. The molecule has 1 saturated heterocycles. The number of rotatable bonds is 4. The summed E-state index contributed by atoms with van der Waals surface area (Å²) in [5.41, 5.74) is 2.85. The maximum atomic E-state index is 11.9. The zero-order valence-electron chi connectivity index (χ0n) is 12.9. The van der Waals surface area contributed by atoms with Crippen molar-refractivity contribution in [1.29, 1.82) is 0 Å². The number of nitrogens with one attached hydrogen (secondary N) is 2.